The summed E-state index contributed by atoms with van der Waals surface area (Å²) in [6, 6.07) is 1.74. The predicted octanol–water partition coefficient (Wildman–Crippen LogP) is 1.01. The van der Waals surface area contributed by atoms with Crippen LogP contribution < -0.4 is 5.32 Å². The fourth-order valence-electron chi connectivity index (χ4n) is 1.09. The van der Waals surface area contributed by atoms with E-state index in [1.54, 1.807) is 27.1 Å². The highest BCUT2D eigenvalue weighted by Gasteiger charge is 2.17. The Morgan fingerprint density at radius 2 is 2.18 bits per heavy atom. The number of nitriles is 1. The molecule has 0 aliphatic heterocycles. The number of aromatic nitrogens is 1. The van der Waals surface area contributed by atoms with E-state index >= 15 is 0 Å². The number of carbonyl (C=O) groups excluding carboxylic acids is 2. The van der Waals surface area contributed by atoms with E-state index in [2.05, 4.69) is 10.3 Å². The highest BCUT2D eigenvalue weighted by atomic mass is 32.1. The Bertz CT molecular complexity index is 487. The summed E-state index contributed by atoms with van der Waals surface area (Å²) in [7, 11) is 3.30. The molecule has 0 aliphatic rings. The Kier molecular flexibility index (Phi) is 4.17. The van der Waals surface area contributed by atoms with Gasteiger partial charge in [0.15, 0.2) is 5.13 Å². The van der Waals surface area contributed by atoms with E-state index in [-0.39, 0.29) is 12.3 Å². The predicted molar refractivity (Wildman–Crippen MR) is 63.7 cm³/mol. The van der Waals surface area contributed by atoms with Crippen LogP contribution in [-0.4, -0.2) is 35.8 Å². The molecule has 0 aromatic carbocycles. The Balaban J connectivity index is 2.86. The summed E-state index contributed by atoms with van der Waals surface area (Å²) >= 11 is 1.11. The van der Waals surface area contributed by atoms with Gasteiger partial charge in [-0.15, -0.1) is 0 Å². The van der Waals surface area contributed by atoms with Crippen LogP contribution in [0.4, 0.5) is 5.13 Å². The maximum absolute atomic E-state index is 11.7. The molecule has 1 N–H and O–H groups in total. The van der Waals surface area contributed by atoms with E-state index in [4.69, 9.17) is 5.26 Å². The summed E-state index contributed by atoms with van der Waals surface area (Å²) in [5.41, 5.74) is 0.570. The van der Waals surface area contributed by atoms with Gasteiger partial charge in [-0.2, -0.15) is 5.26 Å². The molecule has 2 amide bonds. The zero-order chi connectivity index (χ0) is 13.0. The lowest BCUT2D eigenvalue weighted by molar-refractivity contribution is -0.115. The Labute approximate surface area is 103 Å². The minimum atomic E-state index is -0.426. The zero-order valence-corrected chi connectivity index (χ0v) is 10.6. The van der Waals surface area contributed by atoms with Gasteiger partial charge >= 0.3 is 0 Å². The maximum atomic E-state index is 11.7. The van der Waals surface area contributed by atoms with E-state index in [9.17, 15) is 9.59 Å². The number of nitrogens with one attached hydrogen (secondary N) is 1. The molecular formula is C10H12N4O2S. The third-order valence-electron chi connectivity index (χ3n) is 1.88. The third kappa shape index (κ3) is 3.26. The van der Waals surface area contributed by atoms with E-state index < -0.39 is 5.91 Å². The largest absolute Gasteiger partial charge is 0.344 e. The first-order valence-electron chi connectivity index (χ1n) is 4.81. The van der Waals surface area contributed by atoms with E-state index in [1.165, 1.54) is 4.90 Å². The lowest BCUT2D eigenvalue weighted by Gasteiger charge is -2.07. The highest BCUT2D eigenvalue weighted by Crippen LogP contribution is 2.23. The van der Waals surface area contributed by atoms with Gasteiger partial charge < -0.3 is 10.2 Å². The number of amides is 2. The molecule has 0 fully saturated rings. The molecule has 0 saturated carbocycles. The van der Waals surface area contributed by atoms with Crippen molar-refractivity contribution in [2.24, 2.45) is 0 Å². The molecule has 0 atom stereocenters. The van der Waals surface area contributed by atoms with Crippen molar-refractivity contribution < 1.29 is 9.59 Å². The lowest BCUT2D eigenvalue weighted by atomic mass is 10.3. The molecule has 17 heavy (non-hydrogen) atoms. The first-order chi connectivity index (χ1) is 7.95. The van der Waals surface area contributed by atoms with Gasteiger partial charge in [0, 0.05) is 14.1 Å². The van der Waals surface area contributed by atoms with Crippen molar-refractivity contribution in [2.45, 2.75) is 13.3 Å². The molecular weight excluding hydrogens is 240 g/mol. The number of nitrogens with zero attached hydrogens (tertiary/aromatic N) is 3. The average Bonchev–Trinajstić information content (AvgIpc) is 2.58. The molecule has 1 rings (SSSR count). The van der Waals surface area contributed by atoms with Crippen molar-refractivity contribution in [2.75, 3.05) is 19.4 Å². The molecule has 0 aliphatic carbocycles. The minimum absolute atomic E-state index is 0.152. The van der Waals surface area contributed by atoms with Crippen LogP contribution in [0.1, 0.15) is 21.8 Å². The second-order valence-corrected chi connectivity index (χ2v) is 4.52. The number of aryl methyl sites for hydroxylation is 1. The quantitative estimate of drug-likeness (QED) is 0.869. The van der Waals surface area contributed by atoms with Gasteiger partial charge in [0.05, 0.1) is 11.8 Å². The molecule has 90 valence electrons. The Hall–Kier alpha value is -1.94. The van der Waals surface area contributed by atoms with Crippen LogP contribution in [0.2, 0.25) is 0 Å². The number of rotatable bonds is 3. The van der Waals surface area contributed by atoms with E-state index in [0.717, 1.165) is 11.3 Å². The van der Waals surface area contributed by atoms with Crippen molar-refractivity contribution in [1.29, 1.82) is 5.26 Å². The first-order valence-corrected chi connectivity index (χ1v) is 5.63. The first kappa shape index (κ1) is 13.1. The summed E-state index contributed by atoms with van der Waals surface area (Å²) < 4.78 is 0. The lowest BCUT2D eigenvalue weighted by Crippen LogP contribution is -2.21. The number of carbonyl (C=O) groups is 2. The molecule has 0 unspecified atom stereocenters. The average molecular weight is 252 g/mol. The van der Waals surface area contributed by atoms with Gasteiger partial charge in [-0.1, -0.05) is 11.3 Å². The minimum Gasteiger partial charge on any atom is -0.344 e. The number of thiazole rings is 1. The summed E-state index contributed by atoms with van der Waals surface area (Å²) in [6.45, 7) is 1.70. The van der Waals surface area contributed by atoms with Gasteiger partial charge in [-0.3, -0.25) is 9.59 Å². The van der Waals surface area contributed by atoms with Gasteiger partial charge in [0.1, 0.15) is 11.3 Å². The van der Waals surface area contributed by atoms with Crippen LogP contribution in [-0.2, 0) is 4.79 Å². The van der Waals surface area contributed by atoms with Crippen molar-refractivity contribution in [3.63, 3.8) is 0 Å². The molecule has 0 radical (unpaired) electrons. The van der Waals surface area contributed by atoms with E-state index in [0.29, 0.717) is 15.7 Å². The van der Waals surface area contributed by atoms with Crippen molar-refractivity contribution in [3.8, 4) is 6.07 Å². The summed E-state index contributed by atoms with van der Waals surface area (Å²) in [5.74, 6) is -0.578. The topological polar surface area (TPSA) is 86.1 Å². The number of anilines is 1. The van der Waals surface area contributed by atoms with Crippen LogP contribution in [0.5, 0.6) is 0 Å². The van der Waals surface area contributed by atoms with Crippen molar-refractivity contribution in [3.05, 3.63) is 10.6 Å². The Morgan fingerprint density at radius 1 is 1.53 bits per heavy atom. The fourth-order valence-corrected chi connectivity index (χ4v) is 2.09. The van der Waals surface area contributed by atoms with Crippen molar-refractivity contribution >= 4 is 28.3 Å². The number of hydrogen-bond donors (Lipinski definition) is 1. The highest BCUT2D eigenvalue weighted by molar-refractivity contribution is 7.17. The van der Waals surface area contributed by atoms with Crippen molar-refractivity contribution in [1.82, 2.24) is 9.88 Å². The zero-order valence-electron chi connectivity index (χ0n) is 9.77. The molecule has 6 nitrogen and oxygen atoms in total. The van der Waals surface area contributed by atoms with Crippen LogP contribution in [0, 0.1) is 18.3 Å². The number of hydrogen-bond acceptors (Lipinski definition) is 5. The third-order valence-corrected chi connectivity index (χ3v) is 2.94. The van der Waals surface area contributed by atoms with E-state index in [1.807, 2.05) is 0 Å². The molecule has 7 heteroatoms. The molecule has 0 saturated heterocycles. The van der Waals surface area contributed by atoms with Gasteiger partial charge in [-0.25, -0.2) is 4.98 Å². The summed E-state index contributed by atoms with van der Waals surface area (Å²) in [5, 5.41) is 11.2. The van der Waals surface area contributed by atoms with Crippen LogP contribution in [0.25, 0.3) is 0 Å². The maximum Gasteiger partial charge on any atom is 0.265 e. The molecule has 1 aromatic heterocycles. The second kappa shape index (κ2) is 5.41. The SMILES string of the molecule is Cc1nc(NC(=O)CC#N)sc1C(=O)N(C)C. The van der Waals surface area contributed by atoms with Gasteiger partial charge in [-0.05, 0) is 6.92 Å². The second-order valence-electron chi connectivity index (χ2n) is 3.52. The monoisotopic (exact) mass is 252 g/mol. The normalized spacial score (nSPS) is 9.53. The fraction of sp³-hybridized carbons (Fsp3) is 0.400. The summed E-state index contributed by atoms with van der Waals surface area (Å²) in [4.78, 5) is 28.9. The molecule has 0 bridgehead atoms. The van der Waals surface area contributed by atoms with Crippen LogP contribution >= 0.6 is 11.3 Å². The smallest absolute Gasteiger partial charge is 0.265 e. The van der Waals surface area contributed by atoms with Gasteiger partial charge in [0.2, 0.25) is 5.91 Å². The standard InChI is InChI=1S/C10H12N4O2S/c1-6-8(9(16)14(2)3)17-10(12-6)13-7(15)4-5-11/h4H2,1-3H3,(H,12,13,15). The van der Waals surface area contributed by atoms with Gasteiger partial charge in [0.25, 0.3) is 5.91 Å². The molecule has 0 spiro atoms. The summed E-state index contributed by atoms with van der Waals surface area (Å²) in [6.07, 6.45) is -0.227. The molecule has 1 aromatic rings. The molecule has 1 heterocycles. The van der Waals surface area contributed by atoms with Crippen LogP contribution in [0.15, 0.2) is 0 Å². The Morgan fingerprint density at radius 3 is 2.71 bits per heavy atom. The van der Waals surface area contributed by atoms with Crippen LogP contribution in [0.3, 0.4) is 0 Å².